The van der Waals surface area contributed by atoms with Crippen LogP contribution in [0.3, 0.4) is 0 Å². The van der Waals surface area contributed by atoms with E-state index < -0.39 is 0 Å². The van der Waals surface area contributed by atoms with E-state index in [1.165, 1.54) is 36.2 Å². The minimum absolute atomic E-state index is 0.505. The molecule has 1 saturated heterocycles. The summed E-state index contributed by atoms with van der Waals surface area (Å²) in [6.07, 6.45) is 8.38. The number of aryl methyl sites for hydroxylation is 1. The van der Waals surface area contributed by atoms with E-state index in [-0.39, 0.29) is 0 Å². The van der Waals surface area contributed by atoms with Gasteiger partial charge in [-0.05, 0) is 50.9 Å². The van der Waals surface area contributed by atoms with Crippen LogP contribution in [0.15, 0.2) is 36.8 Å². The number of piperidine rings is 1. The molecule has 0 radical (unpaired) electrons. The van der Waals surface area contributed by atoms with Crippen LogP contribution in [0.2, 0.25) is 0 Å². The minimum atomic E-state index is 0.505. The Bertz CT molecular complexity index is 1020. The summed E-state index contributed by atoms with van der Waals surface area (Å²) in [6, 6.07) is 7.06. The molecule has 1 fully saturated rings. The van der Waals surface area contributed by atoms with Gasteiger partial charge in [-0.3, -0.25) is 4.68 Å². The second kappa shape index (κ2) is 7.34. The molecular formula is C23H29N5O. The second-order valence-electron chi connectivity index (χ2n) is 8.50. The number of hydrogen-bond acceptors (Lipinski definition) is 4. The Morgan fingerprint density at radius 1 is 1.17 bits per heavy atom. The number of fused-ring (bicyclic) bond motifs is 3. The van der Waals surface area contributed by atoms with Gasteiger partial charge in [0, 0.05) is 43.5 Å². The third-order valence-electron chi connectivity index (χ3n) is 6.39. The molecule has 2 aliphatic rings. The highest BCUT2D eigenvalue weighted by molar-refractivity contribution is 5.76. The summed E-state index contributed by atoms with van der Waals surface area (Å²) in [5, 5.41) is 4.65. The van der Waals surface area contributed by atoms with Gasteiger partial charge in [0.05, 0.1) is 24.0 Å². The minimum Gasteiger partial charge on any atom is -0.491 e. The van der Waals surface area contributed by atoms with Crippen molar-refractivity contribution in [3.63, 3.8) is 0 Å². The first-order chi connectivity index (χ1) is 14.1. The summed E-state index contributed by atoms with van der Waals surface area (Å²) in [5.74, 6) is 2.40. The van der Waals surface area contributed by atoms with Gasteiger partial charge in [-0.25, -0.2) is 4.98 Å². The number of aromatic nitrogens is 4. The van der Waals surface area contributed by atoms with Crippen LogP contribution in [0.4, 0.5) is 0 Å². The molecule has 1 unspecified atom stereocenters. The normalized spacial score (nSPS) is 19.5. The highest BCUT2D eigenvalue weighted by atomic mass is 16.5. The molecule has 4 heterocycles. The molecule has 5 rings (SSSR count). The summed E-state index contributed by atoms with van der Waals surface area (Å²) < 4.78 is 10.2. The molecule has 6 nitrogen and oxygen atoms in total. The molecule has 0 spiro atoms. The lowest BCUT2D eigenvalue weighted by molar-refractivity contribution is 0.165. The van der Waals surface area contributed by atoms with Gasteiger partial charge < -0.3 is 14.2 Å². The van der Waals surface area contributed by atoms with Gasteiger partial charge in [0.15, 0.2) is 0 Å². The van der Waals surface area contributed by atoms with Crippen LogP contribution in [0.1, 0.15) is 38.3 Å². The van der Waals surface area contributed by atoms with Gasteiger partial charge in [0.2, 0.25) is 0 Å². The van der Waals surface area contributed by atoms with E-state index >= 15 is 0 Å². The van der Waals surface area contributed by atoms with Crippen LogP contribution in [0.25, 0.3) is 22.5 Å². The number of rotatable bonds is 3. The van der Waals surface area contributed by atoms with Crippen molar-refractivity contribution < 1.29 is 4.74 Å². The fourth-order valence-electron chi connectivity index (χ4n) is 4.84. The summed E-state index contributed by atoms with van der Waals surface area (Å²) in [5.41, 5.74) is 4.82. The highest BCUT2D eigenvalue weighted by Crippen LogP contribution is 2.39. The average molecular weight is 392 g/mol. The van der Waals surface area contributed by atoms with Gasteiger partial charge in [-0.15, -0.1) is 0 Å². The summed E-state index contributed by atoms with van der Waals surface area (Å²) in [4.78, 5) is 7.19. The first-order valence-electron chi connectivity index (χ1n) is 10.7. The molecule has 0 amide bonds. The second-order valence-corrected chi connectivity index (χ2v) is 8.50. The average Bonchev–Trinajstić information content (AvgIpc) is 3.31. The molecule has 6 heteroatoms. The Morgan fingerprint density at radius 2 is 2.07 bits per heavy atom. The quantitative estimate of drug-likeness (QED) is 0.679. The SMILES string of the molecule is CC(C)N1CCCC(c2c(-c3ccc4c(c3)-c3nccn3CCO4)cnn2C)C1. The largest absolute Gasteiger partial charge is 0.491 e. The molecule has 0 N–H and O–H groups in total. The number of imidazole rings is 1. The molecule has 1 atom stereocenters. The zero-order valence-corrected chi connectivity index (χ0v) is 17.5. The van der Waals surface area contributed by atoms with E-state index in [4.69, 9.17) is 4.74 Å². The molecule has 3 aromatic rings. The summed E-state index contributed by atoms with van der Waals surface area (Å²) >= 11 is 0. The Balaban J connectivity index is 1.56. The first kappa shape index (κ1) is 18.4. The van der Waals surface area contributed by atoms with Gasteiger partial charge in [0.1, 0.15) is 18.2 Å². The fourth-order valence-corrected chi connectivity index (χ4v) is 4.84. The molecule has 0 saturated carbocycles. The van der Waals surface area contributed by atoms with E-state index in [0.717, 1.165) is 30.2 Å². The third-order valence-corrected chi connectivity index (χ3v) is 6.39. The lowest BCUT2D eigenvalue weighted by atomic mass is 9.89. The van der Waals surface area contributed by atoms with E-state index in [0.29, 0.717) is 18.6 Å². The zero-order valence-electron chi connectivity index (χ0n) is 17.5. The standard InChI is InChI=1S/C23H29N5O/c1-16(2)28-9-4-5-18(15-28)22-20(14-25-26(22)3)17-6-7-21-19(13-17)23-24-8-10-27(23)11-12-29-21/h6-8,10,13-14,16,18H,4-5,9,11-12,15H2,1-3H3. The van der Waals surface area contributed by atoms with Crippen LogP contribution >= 0.6 is 0 Å². The first-order valence-corrected chi connectivity index (χ1v) is 10.7. The Labute approximate surface area is 172 Å². The molecule has 0 bridgehead atoms. The predicted molar refractivity (Wildman–Crippen MR) is 114 cm³/mol. The zero-order chi connectivity index (χ0) is 20.0. The maximum atomic E-state index is 5.98. The monoisotopic (exact) mass is 391 g/mol. The fraction of sp³-hybridized carbons (Fsp3) is 0.478. The van der Waals surface area contributed by atoms with Crippen LogP contribution in [0, 0.1) is 0 Å². The number of ether oxygens (including phenoxy) is 1. The predicted octanol–water partition coefficient (Wildman–Crippen LogP) is 3.93. The van der Waals surface area contributed by atoms with Crippen LogP contribution in [-0.2, 0) is 13.6 Å². The van der Waals surface area contributed by atoms with Crippen molar-refractivity contribution >= 4 is 0 Å². The van der Waals surface area contributed by atoms with Crippen LogP contribution in [-0.4, -0.2) is 50.0 Å². The van der Waals surface area contributed by atoms with Crippen molar-refractivity contribution in [1.29, 1.82) is 0 Å². The van der Waals surface area contributed by atoms with Gasteiger partial charge >= 0.3 is 0 Å². The molecule has 1 aromatic carbocycles. The summed E-state index contributed by atoms with van der Waals surface area (Å²) in [7, 11) is 2.08. The third kappa shape index (κ3) is 3.25. The molecular weight excluding hydrogens is 362 g/mol. The Morgan fingerprint density at radius 3 is 2.93 bits per heavy atom. The lowest BCUT2D eigenvalue weighted by Gasteiger charge is -2.35. The molecule has 29 heavy (non-hydrogen) atoms. The molecule has 152 valence electrons. The van der Waals surface area contributed by atoms with E-state index in [1.807, 2.05) is 18.6 Å². The van der Waals surface area contributed by atoms with Gasteiger partial charge in [-0.2, -0.15) is 5.10 Å². The van der Waals surface area contributed by atoms with Crippen LogP contribution < -0.4 is 4.74 Å². The van der Waals surface area contributed by atoms with Crippen molar-refractivity contribution in [2.24, 2.45) is 7.05 Å². The molecule has 2 aromatic heterocycles. The van der Waals surface area contributed by atoms with Gasteiger partial charge in [-0.1, -0.05) is 6.07 Å². The Kier molecular flexibility index (Phi) is 4.66. The Hall–Kier alpha value is -2.60. The molecule has 0 aliphatic carbocycles. The number of nitrogens with zero attached hydrogens (tertiary/aromatic N) is 5. The van der Waals surface area contributed by atoms with Crippen molar-refractivity contribution in [3.05, 3.63) is 42.5 Å². The van der Waals surface area contributed by atoms with Crippen LogP contribution in [0.5, 0.6) is 5.75 Å². The van der Waals surface area contributed by atoms with E-state index in [2.05, 4.69) is 63.3 Å². The molecule has 2 aliphatic heterocycles. The van der Waals surface area contributed by atoms with Crippen molar-refractivity contribution in [2.75, 3.05) is 19.7 Å². The van der Waals surface area contributed by atoms with Gasteiger partial charge in [0.25, 0.3) is 0 Å². The number of hydrogen-bond donors (Lipinski definition) is 0. The number of likely N-dealkylation sites (tertiary alicyclic amines) is 1. The van der Waals surface area contributed by atoms with Crippen molar-refractivity contribution in [2.45, 2.75) is 45.2 Å². The summed E-state index contributed by atoms with van der Waals surface area (Å²) in [6.45, 7) is 8.37. The van der Waals surface area contributed by atoms with E-state index in [9.17, 15) is 0 Å². The van der Waals surface area contributed by atoms with Crippen molar-refractivity contribution in [3.8, 4) is 28.3 Å². The maximum absolute atomic E-state index is 5.98. The smallest absolute Gasteiger partial charge is 0.143 e. The van der Waals surface area contributed by atoms with E-state index in [1.54, 1.807) is 0 Å². The maximum Gasteiger partial charge on any atom is 0.143 e. The topological polar surface area (TPSA) is 48.1 Å². The number of benzene rings is 1. The lowest BCUT2D eigenvalue weighted by Crippen LogP contribution is -2.39. The van der Waals surface area contributed by atoms with Crippen molar-refractivity contribution in [1.82, 2.24) is 24.2 Å². The highest BCUT2D eigenvalue weighted by Gasteiger charge is 2.28.